The van der Waals surface area contributed by atoms with Crippen LogP contribution >= 0.6 is 0 Å². The van der Waals surface area contributed by atoms with Gasteiger partial charge in [-0.3, -0.25) is 0 Å². The summed E-state index contributed by atoms with van der Waals surface area (Å²) < 4.78 is 5.28. The van der Waals surface area contributed by atoms with Crippen LogP contribution in [0, 0.1) is 13.8 Å². The summed E-state index contributed by atoms with van der Waals surface area (Å²) in [7, 11) is 1.69. The normalized spacial score (nSPS) is 12.2. The van der Waals surface area contributed by atoms with Gasteiger partial charge in [-0.15, -0.1) is 0 Å². The monoisotopic (exact) mass is 269 g/mol. The first-order valence-electron chi connectivity index (χ1n) is 7.06. The van der Waals surface area contributed by atoms with Gasteiger partial charge in [0.15, 0.2) is 0 Å². The van der Waals surface area contributed by atoms with E-state index in [9.17, 15) is 0 Å². The van der Waals surface area contributed by atoms with Gasteiger partial charge in [0.1, 0.15) is 5.75 Å². The third kappa shape index (κ3) is 3.40. The Hall–Kier alpha value is -1.80. The lowest BCUT2D eigenvalue weighted by Gasteiger charge is -2.15. The summed E-state index contributed by atoms with van der Waals surface area (Å²) in [6, 6.07) is 14.8. The quantitative estimate of drug-likeness (QED) is 0.892. The van der Waals surface area contributed by atoms with Crippen molar-refractivity contribution in [3.8, 4) is 5.75 Å². The van der Waals surface area contributed by atoms with E-state index in [1.54, 1.807) is 7.11 Å². The summed E-state index contributed by atoms with van der Waals surface area (Å²) >= 11 is 0. The molecule has 1 unspecified atom stereocenters. The van der Waals surface area contributed by atoms with Crippen molar-refractivity contribution >= 4 is 0 Å². The predicted molar refractivity (Wildman–Crippen MR) is 84.2 cm³/mol. The summed E-state index contributed by atoms with van der Waals surface area (Å²) in [5.41, 5.74) is 11.3. The van der Waals surface area contributed by atoms with Crippen LogP contribution in [0.1, 0.15) is 34.7 Å². The van der Waals surface area contributed by atoms with Crippen LogP contribution in [0.3, 0.4) is 0 Å². The van der Waals surface area contributed by atoms with E-state index in [4.69, 9.17) is 10.5 Å². The predicted octanol–water partition coefficient (Wildman–Crippen LogP) is 3.94. The SMILES string of the molecule is COc1ccc(C(N)CCc2ccccc2C)cc1C. The Labute approximate surface area is 121 Å². The molecule has 0 amide bonds. The Morgan fingerprint density at radius 1 is 1.05 bits per heavy atom. The van der Waals surface area contributed by atoms with E-state index in [2.05, 4.69) is 50.2 Å². The van der Waals surface area contributed by atoms with Crippen LogP contribution in [0.15, 0.2) is 42.5 Å². The lowest BCUT2D eigenvalue weighted by Crippen LogP contribution is -2.12. The number of aryl methyl sites for hydroxylation is 3. The van der Waals surface area contributed by atoms with Crippen molar-refractivity contribution in [3.63, 3.8) is 0 Å². The molecule has 2 N–H and O–H groups in total. The minimum atomic E-state index is 0.0687. The molecule has 0 saturated carbocycles. The highest BCUT2D eigenvalue weighted by Crippen LogP contribution is 2.24. The molecule has 0 bridgehead atoms. The largest absolute Gasteiger partial charge is 0.496 e. The molecule has 0 aromatic heterocycles. The van der Waals surface area contributed by atoms with Gasteiger partial charge in [-0.2, -0.15) is 0 Å². The van der Waals surface area contributed by atoms with Crippen molar-refractivity contribution < 1.29 is 4.74 Å². The topological polar surface area (TPSA) is 35.2 Å². The van der Waals surface area contributed by atoms with Crippen LogP contribution in [0.4, 0.5) is 0 Å². The Bertz CT molecular complexity index is 577. The standard InChI is InChI=1S/C18H23NO/c1-13-6-4-5-7-15(13)8-10-17(19)16-9-11-18(20-3)14(2)12-16/h4-7,9,11-12,17H,8,10,19H2,1-3H3. The Morgan fingerprint density at radius 3 is 2.45 bits per heavy atom. The lowest BCUT2D eigenvalue weighted by atomic mass is 9.96. The molecule has 0 fully saturated rings. The van der Waals surface area contributed by atoms with Gasteiger partial charge in [0, 0.05) is 6.04 Å². The molecule has 106 valence electrons. The van der Waals surface area contributed by atoms with Gasteiger partial charge in [-0.1, -0.05) is 36.4 Å². The lowest BCUT2D eigenvalue weighted by molar-refractivity contribution is 0.411. The average molecular weight is 269 g/mol. The van der Waals surface area contributed by atoms with E-state index >= 15 is 0 Å². The number of rotatable bonds is 5. The highest BCUT2D eigenvalue weighted by molar-refractivity contribution is 5.37. The smallest absolute Gasteiger partial charge is 0.121 e. The third-order valence-corrected chi connectivity index (χ3v) is 3.83. The molecular formula is C18H23NO. The van der Waals surface area contributed by atoms with Crippen LogP contribution in [0.25, 0.3) is 0 Å². The van der Waals surface area contributed by atoms with E-state index in [1.165, 1.54) is 16.7 Å². The van der Waals surface area contributed by atoms with Gasteiger partial charge in [0.2, 0.25) is 0 Å². The number of nitrogens with two attached hydrogens (primary N) is 1. The van der Waals surface area contributed by atoms with Gasteiger partial charge in [0.05, 0.1) is 7.11 Å². The van der Waals surface area contributed by atoms with Crippen LogP contribution in [-0.2, 0) is 6.42 Å². The summed E-state index contributed by atoms with van der Waals surface area (Å²) in [5, 5.41) is 0. The van der Waals surface area contributed by atoms with Crippen molar-refractivity contribution in [2.24, 2.45) is 5.73 Å². The zero-order chi connectivity index (χ0) is 14.5. The fourth-order valence-corrected chi connectivity index (χ4v) is 2.50. The zero-order valence-corrected chi connectivity index (χ0v) is 12.5. The highest BCUT2D eigenvalue weighted by Gasteiger charge is 2.09. The molecule has 0 aliphatic heterocycles. The van der Waals surface area contributed by atoms with E-state index in [-0.39, 0.29) is 6.04 Å². The van der Waals surface area contributed by atoms with Gasteiger partial charge in [-0.25, -0.2) is 0 Å². The summed E-state index contributed by atoms with van der Waals surface area (Å²) in [6.45, 7) is 4.20. The molecule has 2 heteroatoms. The third-order valence-electron chi connectivity index (χ3n) is 3.83. The first-order valence-corrected chi connectivity index (χ1v) is 7.06. The second kappa shape index (κ2) is 6.58. The second-order valence-electron chi connectivity index (χ2n) is 5.30. The molecule has 2 rings (SSSR count). The molecule has 2 nitrogen and oxygen atoms in total. The molecule has 0 heterocycles. The Morgan fingerprint density at radius 2 is 1.80 bits per heavy atom. The van der Waals surface area contributed by atoms with Crippen molar-refractivity contribution in [3.05, 3.63) is 64.7 Å². The molecule has 0 aliphatic rings. The summed E-state index contributed by atoms with van der Waals surface area (Å²) in [4.78, 5) is 0. The van der Waals surface area contributed by atoms with E-state index in [0.717, 1.165) is 24.2 Å². The maximum absolute atomic E-state index is 6.31. The van der Waals surface area contributed by atoms with Crippen molar-refractivity contribution in [1.29, 1.82) is 0 Å². The molecule has 0 radical (unpaired) electrons. The maximum atomic E-state index is 6.31. The molecular weight excluding hydrogens is 246 g/mol. The minimum absolute atomic E-state index is 0.0687. The van der Waals surface area contributed by atoms with Gasteiger partial charge in [0.25, 0.3) is 0 Å². The second-order valence-corrected chi connectivity index (χ2v) is 5.30. The molecule has 0 spiro atoms. The number of benzene rings is 2. The van der Waals surface area contributed by atoms with Crippen LogP contribution in [0.2, 0.25) is 0 Å². The van der Waals surface area contributed by atoms with Gasteiger partial charge >= 0.3 is 0 Å². The maximum Gasteiger partial charge on any atom is 0.121 e. The van der Waals surface area contributed by atoms with Crippen LogP contribution in [-0.4, -0.2) is 7.11 Å². The minimum Gasteiger partial charge on any atom is -0.496 e. The number of methoxy groups -OCH3 is 1. The van der Waals surface area contributed by atoms with E-state index in [1.807, 2.05) is 6.07 Å². The summed E-state index contributed by atoms with van der Waals surface area (Å²) in [6.07, 6.45) is 1.97. The van der Waals surface area contributed by atoms with Gasteiger partial charge < -0.3 is 10.5 Å². The van der Waals surface area contributed by atoms with Crippen molar-refractivity contribution in [2.45, 2.75) is 32.7 Å². The first kappa shape index (κ1) is 14.6. The van der Waals surface area contributed by atoms with Crippen LogP contribution < -0.4 is 10.5 Å². The zero-order valence-electron chi connectivity index (χ0n) is 12.5. The number of hydrogen-bond acceptors (Lipinski definition) is 2. The number of hydrogen-bond donors (Lipinski definition) is 1. The Kier molecular flexibility index (Phi) is 4.80. The van der Waals surface area contributed by atoms with Crippen LogP contribution in [0.5, 0.6) is 5.75 Å². The van der Waals surface area contributed by atoms with E-state index in [0.29, 0.717) is 0 Å². The highest BCUT2D eigenvalue weighted by atomic mass is 16.5. The molecule has 20 heavy (non-hydrogen) atoms. The molecule has 0 aliphatic carbocycles. The molecule has 1 atom stereocenters. The van der Waals surface area contributed by atoms with E-state index < -0.39 is 0 Å². The first-order chi connectivity index (χ1) is 9.61. The number of ether oxygens (including phenoxy) is 1. The summed E-state index contributed by atoms with van der Waals surface area (Å²) in [5.74, 6) is 0.917. The molecule has 0 saturated heterocycles. The Balaban J connectivity index is 2.03. The molecule has 2 aromatic rings. The fourth-order valence-electron chi connectivity index (χ4n) is 2.50. The van der Waals surface area contributed by atoms with Crippen molar-refractivity contribution in [1.82, 2.24) is 0 Å². The van der Waals surface area contributed by atoms with Gasteiger partial charge in [-0.05, 0) is 55.0 Å². The van der Waals surface area contributed by atoms with Crippen molar-refractivity contribution in [2.75, 3.05) is 7.11 Å². The molecule has 2 aromatic carbocycles. The fraction of sp³-hybridized carbons (Fsp3) is 0.333. The average Bonchev–Trinajstić information content (AvgIpc) is 2.46.